The molecule has 0 saturated heterocycles. The lowest BCUT2D eigenvalue weighted by atomic mass is 10.1. The van der Waals surface area contributed by atoms with Crippen LogP contribution >= 0.6 is 11.3 Å². The van der Waals surface area contributed by atoms with E-state index in [4.69, 9.17) is 9.97 Å². The first-order valence-corrected chi connectivity index (χ1v) is 14.8. The highest BCUT2D eigenvalue weighted by Gasteiger charge is 2.18. The highest BCUT2D eigenvalue weighted by atomic mass is 32.1. The summed E-state index contributed by atoms with van der Waals surface area (Å²) in [5.74, 6) is 0.218. The summed E-state index contributed by atoms with van der Waals surface area (Å²) < 4.78 is 1.99. The Morgan fingerprint density at radius 3 is 2.45 bits per heavy atom. The molecule has 0 saturated carbocycles. The van der Waals surface area contributed by atoms with Crippen molar-refractivity contribution in [3.63, 3.8) is 0 Å². The fraction of sp³-hybridized carbons (Fsp3) is 0.121. The highest BCUT2D eigenvalue weighted by Crippen LogP contribution is 2.33. The van der Waals surface area contributed by atoms with Gasteiger partial charge in [-0.25, -0.2) is 15.0 Å². The number of benzene rings is 2. The Morgan fingerprint density at radius 2 is 1.64 bits per heavy atom. The van der Waals surface area contributed by atoms with Crippen molar-refractivity contribution < 1.29 is 9.59 Å². The summed E-state index contributed by atoms with van der Waals surface area (Å²) in [6.45, 7) is 0.287. The first-order chi connectivity index (χ1) is 21.4. The van der Waals surface area contributed by atoms with Crippen LogP contribution in [-0.4, -0.2) is 56.7 Å². The number of imidazole rings is 1. The van der Waals surface area contributed by atoms with Crippen LogP contribution in [0.4, 0.5) is 23.0 Å². The number of hydrogen-bond acceptors (Lipinski definition) is 8. The van der Waals surface area contributed by atoms with Gasteiger partial charge in [0.25, 0.3) is 0 Å². The van der Waals surface area contributed by atoms with Crippen LogP contribution in [-0.2, 0) is 16.0 Å². The van der Waals surface area contributed by atoms with Crippen LogP contribution in [0.25, 0.3) is 28.3 Å². The van der Waals surface area contributed by atoms with Crippen molar-refractivity contribution in [2.45, 2.75) is 6.42 Å². The smallest absolute Gasteiger partial charge is 0.238 e. The Morgan fingerprint density at radius 1 is 0.841 bits per heavy atom. The van der Waals surface area contributed by atoms with Crippen LogP contribution in [0.1, 0.15) is 4.88 Å². The molecule has 10 nitrogen and oxygen atoms in total. The minimum atomic E-state index is -0.100. The molecule has 0 fully saturated rings. The summed E-state index contributed by atoms with van der Waals surface area (Å²) in [6.07, 6.45) is 3.97. The van der Waals surface area contributed by atoms with E-state index in [9.17, 15) is 9.59 Å². The van der Waals surface area contributed by atoms with Crippen LogP contribution < -0.4 is 16.0 Å². The molecule has 2 amide bonds. The van der Waals surface area contributed by atoms with Crippen LogP contribution in [0.5, 0.6) is 0 Å². The fourth-order valence-electron chi connectivity index (χ4n) is 4.81. The van der Waals surface area contributed by atoms with Crippen LogP contribution in [0.3, 0.4) is 0 Å². The van der Waals surface area contributed by atoms with E-state index in [1.165, 1.54) is 0 Å². The van der Waals surface area contributed by atoms with Gasteiger partial charge in [0.1, 0.15) is 5.65 Å². The van der Waals surface area contributed by atoms with E-state index in [0.717, 1.165) is 33.2 Å². The molecule has 3 N–H and O–H groups in total. The van der Waals surface area contributed by atoms with Crippen molar-refractivity contribution in [3.8, 4) is 22.6 Å². The maximum Gasteiger partial charge on any atom is 0.238 e. The first-order valence-electron chi connectivity index (χ1n) is 14.0. The van der Waals surface area contributed by atoms with E-state index < -0.39 is 0 Å². The molecule has 4 heterocycles. The standard InChI is InChI=1S/C33H30N8O2S/c1-40(2)21-30(43)36-24-10-6-11-25(19-24)37-33-34-15-14-27(38-33)32-31(39-28-13-3-4-16-41(28)32)22-8-5-9-23(18-22)35-29(42)20-26-12-7-17-44-26/h3-19H,20-21H2,1-2H3,(H,35,42)(H,36,43)(H,34,37,38). The molecule has 2 aromatic carbocycles. The van der Waals surface area contributed by atoms with E-state index in [1.807, 2.05) is 120 Å². The quantitative estimate of drug-likeness (QED) is 0.178. The first kappa shape index (κ1) is 28.7. The summed E-state index contributed by atoms with van der Waals surface area (Å²) in [4.78, 5) is 42.0. The number of rotatable bonds is 10. The second-order valence-corrected chi connectivity index (χ2v) is 11.4. The number of nitrogens with one attached hydrogen (secondary N) is 3. The lowest BCUT2D eigenvalue weighted by Gasteiger charge is -2.12. The lowest BCUT2D eigenvalue weighted by Crippen LogP contribution is -2.27. The molecule has 0 aliphatic heterocycles. The number of nitrogens with zero attached hydrogens (tertiary/aromatic N) is 5. The molecule has 4 aromatic heterocycles. The zero-order chi connectivity index (χ0) is 30.5. The second-order valence-electron chi connectivity index (χ2n) is 10.4. The van der Waals surface area contributed by atoms with E-state index in [0.29, 0.717) is 29.4 Å². The molecule has 0 unspecified atom stereocenters. The molecule has 6 rings (SSSR count). The molecule has 0 radical (unpaired) electrons. The van der Waals surface area contributed by atoms with Crippen molar-refractivity contribution in [1.29, 1.82) is 0 Å². The number of amides is 2. The van der Waals surface area contributed by atoms with Gasteiger partial charge < -0.3 is 20.9 Å². The van der Waals surface area contributed by atoms with Gasteiger partial charge in [-0.3, -0.25) is 14.0 Å². The fourth-order valence-corrected chi connectivity index (χ4v) is 5.51. The summed E-state index contributed by atoms with van der Waals surface area (Å²) >= 11 is 1.56. The molecular weight excluding hydrogens is 572 g/mol. The third kappa shape index (κ3) is 6.80. The van der Waals surface area contributed by atoms with Gasteiger partial charge >= 0.3 is 0 Å². The number of aromatic nitrogens is 4. The van der Waals surface area contributed by atoms with Gasteiger partial charge in [0, 0.05) is 39.9 Å². The third-order valence-corrected chi connectivity index (χ3v) is 7.50. The van der Waals surface area contributed by atoms with Gasteiger partial charge in [-0.05, 0) is 74.1 Å². The number of fused-ring (bicyclic) bond motifs is 1. The predicted molar refractivity (Wildman–Crippen MR) is 175 cm³/mol. The normalized spacial score (nSPS) is 11.1. The summed E-state index contributed by atoms with van der Waals surface area (Å²) in [7, 11) is 3.69. The van der Waals surface area contributed by atoms with Gasteiger partial charge in [-0.2, -0.15) is 0 Å². The van der Waals surface area contributed by atoms with Gasteiger partial charge in [-0.15, -0.1) is 11.3 Å². The molecule has 0 aliphatic rings. The van der Waals surface area contributed by atoms with E-state index >= 15 is 0 Å². The molecule has 6 aromatic rings. The Hall–Kier alpha value is -5.39. The zero-order valence-electron chi connectivity index (χ0n) is 24.2. The molecule has 0 bridgehead atoms. The number of pyridine rings is 1. The topological polar surface area (TPSA) is 117 Å². The van der Waals surface area contributed by atoms with Crippen LogP contribution in [0, 0.1) is 0 Å². The van der Waals surface area contributed by atoms with E-state index in [2.05, 4.69) is 20.9 Å². The average Bonchev–Trinajstić information content (AvgIpc) is 3.65. The Bertz CT molecular complexity index is 1930. The predicted octanol–water partition coefficient (Wildman–Crippen LogP) is 5.94. The van der Waals surface area contributed by atoms with Crippen molar-refractivity contribution in [2.75, 3.05) is 36.6 Å². The van der Waals surface area contributed by atoms with Gasteiger partial charge in [0.05, 0.1) is 30.0 Å². The monoisotopic (exact) mass is 602 g/mol. The maximum atomic E-state index is 12.7. The van der Waals surface area contributed by atoms with Crippen molar-refractivity contribution in [3.05, 3.63) is 108 Å². The number of hydrogen-bond donors (Lipinski definition) is 3. The summed E-state index contributed by atoms with van der Waals surface area (Å²) in [6, 6.07) is 26.6. The van der Waals surface area contributed by atoms with Crippen molar-refractivity contribution >= 4 is 51.8 Å². The Kier molecular flexibility index (Phi) is 8.39. The van der Waals surface area contributed by atoms with Crippen molar-refractivity contribution in [1.82, 2.24) is 24.3 Å². The molecule has 220 valence electrons. The summed E-state index contributed by atoms with van der Waals surface area (Å²) in [5.41, 5.74) is 5.87. The van der Waals surface area contributed by atoms with E-state index in [-0.39, 0.29) is 18.4 Å². The molecule has 0 spiro atoms. The third-order valence-electron chi connectivity index (χ3n) is 6.63. The number of thiophene rings is 1. The highest BCUT2D eigenvalue weighted by molar-refractivity contribution is 7.10. The number of anilines is 4. The maximum absolute atomic E-state index is 12.7. The number of carbonyl (C=O) groups is 2. The minimum absolute atomic E-state index is 0.0762. The number of carbonyl (C=O) groups excluding carboxylic acids is 2. The summed E-state index contributed by atoms with van der Waals surface area (Å²) in [5, 5.41) is 11.1. The zero-order valence-corrected chi connectivity index (χ0v) is 25.0. The largest absolute Gasteiger partial charge is 0.326 e. The Labute approximate surface area is 258 Å². The van der Waals surface area contributed by atoms with Gasteiger partial charge in [0.15, 0.2) is 0 Å². The molecule has 0 atom stereocenters. The molecular formula is C33H30N8O2S. The molecule has 0 aliphatic carbocycles. The van der Waals surface area contributed by atoms with Crippen molar-refractivity contribution in [2.24, 2.45) is 0 Å². The van der Waals surface area contributed by atoms with Crippen LogP contribution in [0.15, 0.2) is 103 Å². The lowest BCUT2D eigenvalue weighted by molar-refractivity contribution is -0.117. The Balaban J connectivity index is 1.29. The number of likely N-dealkylation sites (N-methyl/N-ethyl adjacent to an activating group) is 1. The van der Waals surface area contributed by atoms with E-state index in [1.54, 1.807) is 17.5 Å². The molecule has 44 heavy (non-hydrogen) atoms. The van der Waals surface area contributed by atoms with Gasteiger partial charge in [-0.1, -0.05) is 30.3 Å². The second kappa shape index (κ2) is 12.9. The minimum Gasteiger partial charge on any atom is -0.326 e. The average molecular weight is 603 g/mol. The van der Waals surface area contributed by atoms with Gasteiger partial charge in [0.2, 0.25) is 17.8 Å². The SMILES string of the molecule is CN(C)CC(=O)Nc1cccc(Nc2nccc(-c3c(-c4cccc(NC(=O)Cc5cccs5)c4)nc4ccccn34)n2)c1. The molecule has 11 heteroatoms. The van der Waals surface area contributed by atoms with Crippen LogP contribution in [0.2, 0.25) is 0 Å².